The second-order valence-corrected chi connectivity index (χ2v) is 4.50. The van der Waals surface area contributed by atoms with E-state index in [-0.39, 0.29) is 6.61 Å². The molecule has 0 aromatic heterocycles. The number of hydrogen-bond acceptors (Lipinski definition) is 4. The zero-order valence-electron chi connectivity index (χ0n) is 11.7. The molecule has 106 valence electrons. The van der Waals surface area contributed by atoms with Crippen molar-refractivity contribution < 1.29 is 14.3 Å². The molecule has 0 radical (unpaired) electrons. The Morgan fingerprint density at radius 3 is 2.63 bits per heavy atom. The monoisotopic (exact) mass is 266 g/mol. The smallest absolute Gasteiger partial charge is 0.411 e. The number of methoxy groups -OCH3 is 1. The Morgan fingerprint density at radius 1 is 1.37 bits per heavy atom. The van der Waals surface area contributed by atoms with Gasteiger partial charge in [-0.15, -0.1) is 0 Å². The first-order chi connectivity index (χ1) is 9.03. The van der Waals surface area contributed by atoms with Crippen molar-refractivity contribution in [2.75, 3.05) is 19.0 Å². The maximum atomic E-state index is 11.7. The van der Waals surface area contributed by atoms with E-state index >= 15 is 0 Å². The molecule has 19 heavy (non-hydrogen) atoms. The minimum atomic E-state index is -0.509. The third-order valence-corrected chi connectivity index (χ3v) is 3.22. The molecule has 0 aliphatic carbocycles. The van der Waals surface area contributed by atoms with Crippen LogP contribution in [0.1, 0.15) is 26.7 Å². The number of ether oxygens (including phenoxy) is 2. The van der Waals surface area contributed by atoms with Crippen LogP contribution in [0.2, 0.25) is 0 Å². The van der Waals surface area contributed by atoms with E-state index < -0.39 is 11.6 Å². The predicted molar refractivity (Wildman–Crippen MR) is 75.5 cm³/mol. The number of carbonyl (C=O) groups is 1. The summed E-state index contributed by atoms with van der Waals surface area (Å²) in [6.07, 6.45) is 1.01. The Bertz CT molecular complexity index is 417. The maximum Gasteiger partial charge on any atom is 0.411 e. The van der Waals surface area contributed by atoms with Crippen LogP contribution in [0.15, 0.2) is 24.3 Å². The van der Waals surface area contributed by atoms with Gasteiger partial charge >= 0.3 is 6.09 Å². The number of nitrogens with one attached hydrogen (secondary N) is 1. The topological polar surface area (TPSA) is 73.6 Å². The molecule has 0 fully saturated rings. The van der Waals surface area contributed by atoms with Gasteiger partial charge in [-0.2, -0.15) is 0 Å². The molecule has 0 spiro atoms. The van der Waals surface area contributed by atoms with Gasteiger partial charge in [0.05, 0.1) is 7.11 Å². The summed E-state index contributed by atoms with van der Waals surface area (Å²) >= 11 is 0. The van der Waals surface area contributed by atoms with Crippen molar-refractivity contribution in [1.82, 2.24) is 0 Å². The second kappa shape index (κ2) is 6.99. The molecule has 1 rings (SSSR count). The van der Waals surface area contributed by atoms with Gasteiger partial charge in [-0.25, -0.2) is 4.79 Å². The van der Waals surface area contributed by atoms with Crippen molar-refractivity contribution >= 4 is 11.8 Å². The Labute approximate surface area is 114 Å². The lowest BCUT2D eigenvalue weighted by Crippen LogP contribution is -2.44. The summed E-state index contributed by atoms with van der Waals surface area (Å²) in [5.41, 5.74) is 6.23. The number of rotatable bonds is 6. The van der Waals surface area contributed by atoms with Gasteiger partial charge in [-0.05, 0) is 25.0 Å². The van der Waals surface area contributed by atoms with Crippen molar-refractivity contribution in [3.63, 3.8) is 0 Å². The average molecular weight is 266 g/mol. The number of anilines is 1. The molecule has 0 atom stereocenters. The highest BCUT2D eigenvalue weighted by molar-refractivity contribution is 5.84. The molecule has 5 nitrogen and oxygen atoms in total. The summed E-state index contributed by atoms with van der Waals surface area (Å²) in [4.78, 5) is 11.7. The van der Waals surface area contributed by atoms with Crippen molar-refractivity contribution in [3.05, 3.63) is 24.3 Å². The van der Waals surface area contributed by atoms with E-state index in [1.165, 1.54) is 0 Å². The predicted octanol–water partition coefficient (Wildman–Crippen LogP) is 2.76. The molecule has 0 heterocycles. The summed E-state index contributed by atoms with van der Waals surface area (Å²) < 4.78 is 10.2. The third kappa shape index (κ3) is 4.79. The number of benzene rings is 1. The van der Waals surface area contributed by atoms with Gasteiger partial charge in [-0.1, -0.05) is 19.9 Å². The molecule has 0 saturated heterocycles. The highest BCUT2D eigenvalue weighted by Crippen LogP contribution is 2.17. The van der Waals surface area contributed by atoms with Crippen LogP contribution in [0, 0.1) is 0 Å². The Hall–Kier alpha value is -1.75. The van der Waals surface area contributed by atoms with E-state index in [0.717, 1.165) is 12.8 Å². The van der Waals surface area contributed by atoms with Crippen LogP contribution in [0.5, 0.6) is 5.75 Å². The molecular weight excluding hydrogens is 244 g/mol. The van der Waals surface area contributed by atoms with Crippen LogP contribution in [-0.4, -0.2) is 25.3 Å². The Kier molecular flexibility index (Phi) is 5.63. The standard InChI is InChI=1S/C14H22N2O3/c1-4-14(15,5-2)10-19-13(17)16-11-7-6-8-12(9-11)18-3/h6-9H,4-5,10,15H2,1-3H3,(H,16,17). The number of hydrogen-bond donors (Lipinski definition) is 2. The quantitative estimate of drug-likeness (QED) is 0.830. The van der Waals surface area contributed by atoms with Crippen molar-refractivity contribution in [2.24, 2.45) is 5.73 Å². The van der Waals surface area contributed by atoms with Crippen molar-refractivity contribution in [1.29, 1.82) is 0 Å². The first-order valence-corrected chi connectivity index (χ1v) is 6.39. The first-order valence-electron chi connectivity index (χ1n) is 6.39. The number of nitrogens with two attached hydrogens (primary N) is 1. The second-order valence-electron chi connectivity index (χ2n) is 4.50. The van der Waals surface area contributed by atoms with Gasteiger partial charge in [0.2, 0.25) is 0 Å². The average Bonchev–Trinajstić information content (AvgIpc) is 2.45. The number of carbonyl (C=O) groups excluding carboxylic acids is 1. The molecule has 1 aromatic carbocycles. The largest absolute Gasteiger partial charge is 0.497 e. The van der Waals surface area contributed by atoms with Gasteiger partial charge in [-0.3, -0.25) is 5.32 Å². The Balaban J connectivity index is 2.51. The SMILES string of the molecule is CCC(N)(CC)COC(=O)Nc1cccc(OC)c1. The summed E-state index contributed by atoms with van der Waals surface area (Å²) in [5, 5.41) is 2.64. The number of amides is 1. The molecule has 3 N–H and O–H groups in total. The molecular formula is C14H22N2O3. The lowest BCUT2D eigenvalue weighted by Gasteiger charge is -2.25. The third-order valence-electron chi connectivity index (χ3n) is 3.22. The van der Waals surface area contributed by atoms with Gasteiger partial charge in [0, 0.05) is 17.3 Å². The molecule has 0 bridgehead atoms. The fourth-order valence-electron chi connectivity index (χ4n) is 1.52. The van der Waals surface area contributed by atoms with Crippen molar-refractivity contribution in [3.8, 4) is 5.75 Å². The zero-order valence-corrected chi connectivity index (χ0v) is 11.7. The van der Waals surface area contributed by atoms with E-state index in [9.17, 15) is 4.79 Å². The minimum absolute atomic E-state index is 0.204. The van der Waals surface area contributed by atoms with E-state index in [4.69, 9.17) is 15.2 Å². The van der Waals surface area contributed by atoms with E-state index in [2.05, 4.69) is 5.32 Å². The summed E-state index contributed by atoms with van der Waals surface area (Å²) in [6, 6.07) is 7.07. The van der Waals surface area contributed by atoms with Crippen LogP contribution in [0.4, 0.5) is 10.5 Å². The van der Waals surface area contributed by atoms with Crippen LogP contribution in [-0.2, 0) is 4.74 Å². The lowest BCUT2D eigenvalue weighted by atomic mass is 9.96. The van der Waals surface area contributed by atoms with E-state index in [0.29, 0.717) is 11.4 Å². The van der Waals surface area contributed by atoms with Crippen LogP contribution < -0.4 is 15.8 Å². The molecule has 0 aliphatic rings. The van der Waals surface area contributed by atoms with Gasteiger partial charge < -0.3 is 15.2 Å². The highest BCUT2D eigenvalue weighted by atomic mass is 16.5. The van der Waals surface area contributed by atoms with Crippen molar-refractivity contribution in [2.45, 2.75) is 32.2 Å². The molecule has 1 aromatic rings. The fraction of sp³-hybridized carbons (Fsp3) is 0.500. The molecule has 0 aliphatic heterocycles. The lowest BCUT2D eigenvalue weighted by molar-refractivity contribution is 0.125. The molecule has 1 amide bonds. The van der Waals surface area contributed by atoms with Crippen LogP contribution >= 0.6 is 0 Å². The molecule has 0 unspecified atom stereocenters. The minimum Gasteiger partial charge on any atom is -0.497 e. The molecule has 0 saturated carbocycles. The molecule has 5 heteroatoms. The fourth-order valence-corrected chi connectivity index (χ4v) is 1.52. The summed E-state index contributed by atoms with van der Waals surface area (Å²) in [5.74, 6) is 0.674. The maximum absolute atomic E-state index is 11.7. The summed E-state index contributed by atoms with van der Waals surface area (Å²) in [6.45, 7) is 4.16. The van der Waals surface area contributed by atoms with Crippen LogP contribution in [0.25, 0.3) is 0 Å². The normalized spacial score (nSPS) is 10.9. The van der Waals surface area contributed by atoms with Gasteiger partial charge in [0.1, 0.15) is 12.4 Å². The van der Waals surface area contributed by atoms with Gasteiger partial charge in [0.25, 0.3) is 0 Å². The zero-order chi connectivity index (χ0) is 14.3. The van der Waals surface area contributed by atoms with E-state index in [1.54, 1.807) is 31.4 Å². The summed E-state index contributed by atoms with van der Waals surface area (Å²) in [7, 11) is 1.57. The van der Waals surface area contributed by atoms with Crippen LogP contribution in [0.3, 0.4) is 0 Å². The highest BCUT2D eigenvalue weighted by Gasteiger charge is 2.22. The van der Waals surface area contributed by atoms with E-state index in [1.807, 2.05) is 13.8 Å². The van der Waals surface area contributed by atoms with Gasteiger partial charge in [0.15, 0.2) is 0 Å². The first kappa shape index (κ1) is 15.3. The Morgan fingerprint density at radius 2 is 2.05 bits per heavy atom.